The minimum atomic E-state index is -0.152. The summed E-state index contributed by atoms with van der Waals surface area (Å²) in [4.78, 5) is 26.1. The number of carbonyl (C=O) groups is 2. The molecule has 136 valence electrons. The molecule has 0 spiro atoms. The largest absolute Gasteiger partial charge is 0.483 e. The molecule has 0 aliphatic carbocycles. The van der Waals surface area contributed by atoms with Gasteiger partial charge in [0.15, 0.2) is 6.61 Å². The van der Waals surface area contributed by atoms with Crippen LogP contribution in [0.3, 0.4) is 0 Å². The summed E-state index contributed by atoms with van der Waals surface area (Å²) in [5, 5.41) is 3.01. The molecule has 1 aromatic rings. The molecule has 1 aliphatic heterocycles. The molecule has 0 bridgehead atoms. The molecule has 0 unspecified atom stereocenters. The van der Waals surface area contributed by atoms with Gasteiger partial charge in [-0.2, -0.15) is 0 Å². The van der Waals surface area contributed by atoms with Gasteiger partial charge in [0, 0.05) is 24.7 Å². The molecule has 1 heterocycles. The number of nitrogens with one attached hydrogen (secondary N) is 1. The Labute approximate surface area is 150 Å². The number of rotatable bonds is 7. The highest BCUT2D eigenvalue weighted by Gasteiger charge is 2.20. The van der Waals surface area contributed by atoms with Crippen LogP contribution in [0.5, 0.6) is 5.75 Å². The number of hydrogen-bond acceptors (Lipinski definition) is 3. The molecule has 5 nitrogen and oxygen atoms in total. The zero-order valence-electron chi connectivity index (χ0n) is 15.4. The third-order valence-electron chi connectivity index (χ3n) is 4.25. The van der Waals surface area contributed by atoms with Crippen molar-refractivity contribution < 1.29 is 14.3 Å². The molecule has 1 aromatic carbocycles. The van der Waals surface area contributed by atoms with Gasteiger partial charge in [-0.3, -0.25) is 9.59 Å². The Bertz CT molecular complexity index is 630. The molecule has 0 radical (unpaired) electrons. The van der Waals surface area contributed by atoms with Crippen molar-refractivity contribution >= 4 is 11.8 Å². The van der Waals surface area contributed by atoms with Gasteiger partial charge in [-0.1, -0.05) is 30.7 Å². The number of para-hydroxylation sites is 1. The van der Waals surface area contributed by atoms with Crippen LogP contribution in [0.1, 0.15) is 51.6 Å². The summed E-state index contributed by atoms with van der Waals surface area (Å²) >= 11 is 0. The van der Waals surface area contributed by atoms with Crippen LogP contribution >= 0.6 is 0 Å². The maximum Gasteiger partial charge on any atom is 0.260 e. The van der Waals surface area contributed by atoms with E-state index in [4.69, 9.17) is 4.74 Å². The van der Waals surface area contributed by atoms with Crippen LogP contribution in [0, 0.1) is 0 Å². The Morgan fingerprint density at radius 1 is 1.24 bits per heavy atom. The van der Waals surface area contributed by atoms with E-state index in [9.17, 15) is 9.59 Å². The molecule has 1 atom stereocenters. The van der Waals surface area contributed by atoms with Crippen molar-refractivity contribution in [2.24, 2.45) is 0 Å². The molecule has 1 saturated heterocycles. The predicted octanol–water partition coefficient (Wildman–Crippen LogP) is 3.22. The van der Waals surface area contributed by atoms with Crippen LogP contribution in [0.25, 0.3) is 0 Å². The van der Waals surface area contributed by atoms with E-state index in [0.29, 0.717) is 5.75 Å². The second kappa shape index (κ2) is 9.25. The first kappa shape index (κ1) is 19.0. The van der Waals surface area contributed by atoms with Gasteiger partial charge in [-0.05, 0) is 39.2 Å². The van der Waals surface area contributed by atoms with E-state index in [1.807, 2.05) is 49.9 Å². The Kier molecular flexibility index (Phi) is 7.04. The monoisotopic (exact) mass is 344 g/mol. The predicted molar refractivity (Wildman–Crippen MR) is 98.4 cm³/mol. The minimum Gasteiger partial charge on any atom is -0.483 e. The van der Waals surface area contributed by atoms with Gasteiger partial charge in [0.25, 0.3) is 5.91 Å². The van der Waals surface area contributed by atoms with Gasteiger partial charge in [0.05, 0.1) is 6.04 Å². The van der Waals surface area contributed by atoms with E-state index in [1.165, 1.54) is 0 Å². The fourth-order valence-corrected chi connectivity index (χ4v) is 2.97. The first-order valence-corrected chi connectivity index (χ1v) is 8.96. The summed E-state index contributed by atoms with van der Waals surface area (Å²) in [7, 11) is 0. The van der Waals surface area contributed by atoms with Crippen LogP contribution in [-0.2, 0) is 9.59 Å². The Morgan fingerprint density at radius 2 is 1.92 bits per heavy atom. The summed E-state index contributed by atoms with van der Waals surface area (Å²) in [5.41, 5.74) is 1.85. The average molecular weight is 344 g/mol. The smallest absolute Gasteiger partial charge is 0.260 e. The summed E-state index contributed by atoms with van der Waals surface area (Å²) in [6.45, 7) is 7.47. The number of ether oxygens (including phenoxy) is 1. The lowest BCUT2D eigenvalue weighted by atomic mass is 10.0. The van der Waals surface area contributed by atoms with E-state index < -0.39 is 0 Å². The zero-order chi connectivity index (χ0) is 18.2. The zero-order valence-corrected chi connectivity index (χ0v) is 15.4. The summed E-state index contributed by atoms with van der Waals surface area (Å²) in [6, 6.07) is 7.43. The van der Waals surface area contributed by atoms with E-state index in [1.54, 1.807) is 6.08 Å². The van der Waals surface area contributed by atoms with Gasteiger partial charge >= 0.3 is 0 Å². The number of amides is 2. The number of nitrogens with zero attached hydrogens (tertiary/aromatic N) is 1. The molecular formula is C20H28N2O3. The first-order chi connectivity index (χ1) is 12.0. The lowest BCUT2D eigenvalue weighted by molar-refractivity contribution is -0.132. The minimum absolute atomic E-state index is 0.0222. The van der Waals surface area contributed by atoms with Gasteiger partial charge in [-0.15, -0.1) is 0 Å². The quantitative estimate of drug-likeness (QED) is 0.773. The molecule has 1 N–H and O–H groups in total. The topological polar surface area (TPSA) is 58.6 Å². The van der Waals surface area contributed by atoms with Crippen molar-refractivity contribution in [1.29, 1.82) is 0 Å². The molecule has 25 heavy (non-hydrogen) atoms. The second-order valence-corrected chi connectivity index (χ2v) is 6.61. The highest BCUT2D eigenvalue weighted by Crippen LogP contribution is 2.27. The maximum absolute atomic E-state index is 12.2. The SMILES string of the molecule is CC[C@@H](NC(=O)C=C(C)C)c1ccccc1OCC(=O)N1CCCC1. The number of hydrogen-bond donors (Lipinski definition) is 1. The van der Waals surface area contributed by atoms with Crippen molar-refractivity contribution in [3.8, 4) is 5.75 Å². The normalized spacial score (nSPS) is 14.8. The molecule has 1 fully saturated rings. The molecule has 2 amide bonds. The van der Waals surface area contributed by atoms with Crippen LogP contribution in [0.4, 0.5) is 0 Å². The molecular weight excluding hydrogens is 316 g/mol. The van der Waals surface area contributed by atoms with E-state index >= 15 is 0 Å². The van der Waals surface area contributed by atoms with Crippen LogP contribution < -0.4 is 10.1 Å². The number of likely N-dealkylation sites (tertiary alicyclic amines) is 1. The third kappa shape index (κ3) is 5.62. The number of benzene rings is 1. The number of carbonyl (C=O) groups excluding carboxylic acids is 2. The molecule has 2 rings (SSSR count). The molecule has 1 aliphatic rings. The van der Waals surface area contributed by atoms with Crippen LogP contribution in [0.2, 0.25) is 0 Å². The fraction of sp³-hybridized carbons (Fsp3) is 0.500. The van der Waals surface area contributed by atoms with Gasteiger partial charge in [0.1, 0.15) is 5.75 Å². The van der Waals surface area contributed by atoms with Gasteiger partial charge in [-0.25, -0.2) is 0 Å². The lowest BCUT2D eigenvalue weighted by Crippen LogP contribution is -2.32. The number of allylic oxidation sites excluding steroid dienone is 1. The molecule has 0 saturated carbocycles. The average Bonchev–Trinajstić information content (AvgIpc) is 3.12. The second-order valence-electron chi connectivity index (χ2n) is 6.61. The highest BCUT2D eigenvalue weighted by atomic mass is 16.5. The Morgan fingerprint density at radius 3 is 2.56 bits per heavy atom. The highest BCUT2D eigenvalue weighted by molar-refractivity contribution is 5.88. The van der Waals surface area contributed by atoms with Gasteiger partial charge < -0.3 is 15.0 Å². The van der Waals surface area contributed by atoms with Crippen LogP contribution in [0.15, 0.2) is 35.9 Å². The Hall–Kier alpha value is -2.30. The summed E-state index contributed by atoms with van der Waals surface area (Å²) in [6.07, 6.45) is 4.46. The van der Waals surface area contributed by atoms with E-state index in [-0.39, 0.29) is 24.5 Å². The van der Waals surface area contributed by atoms with Crippen molar-refractivity contribution in [3.63, 3.8) is 0 Å². The lowest BCUT2D eigenvalue weighted by Gasteiger charge is -2.21. The standard InChI is InChI=1S/C20H28N2O3/c1-4-17(21-19(23)13-15(2)3)16-9-5-6-10-18(16)25-14-20(24)22-11-7-8-12-22/h5-6,9-10,13,17H,4,7-8,11-12,14H2,1-3H3,(H,21,23)/t17-/m1/s1. The van der Waals surface area contributed by atoms with Crippen molar-refractivity contribution in [1.82, 2.24) is 10.2 Å². The Balaban J connectivity index is 2.05. The molecule has 0 aromatic heterocycles. The van der Waals surface area contributed by atoms with E-state index in [2.05, 4.69) is 5.32 Å². The van der Waals surface area contributed by atoms with Crippen LogP contribution in [-0.4, -0.2) is 36.4 Å². The maximum atomic E-state index is 12.2. The fourth-order valence-electron chi connectivity index (χ4n) is 2.97. The summed E-state index contributed by atoms with van der Waals surface area (Å²) in [5.74, 6) is 0.558. The van der Waals surface area contributed by atoms with E-state index in [0.717, 1.165) is 43.5 Å². The summed E-state index contributed by atoms with van der Waals surface area (Å²) < 4.78 is 5.80. The first-order valence-electron chi connectivity index (χ1n) is 8.96. The van der Waals surface area contributed by atoms with Crippen molar-refractivity contribution in [2.75, 3.05) is 19.7 Å². The van der Waals surface area contributed by atoms with Gasteiger partial charge in [0.2, 0.25) is 5.91 Å². The third-order valence-corrected chi connectivity index (χ3v) is 4.25. The van der Waals surface area contributed by atoms with Crippen molar-refractivity contribution in [2.45, 2.75) is 46.1 Å². The molecule has 5 heteroatoms. The van der Waals surface area contributed by atoms with Crippen molar-refractivity contribution in [3.05, 3.63) is 41.5 Å².